The molecule has 0 radical (unpaired) electrons. The van der Waals surface area contributed by atoms with Gasteiger partial charge in [-0.3, -0.25) is 9.10 Å². The lowest BCUT2D eigenvalue weighted by Gasteiger charge is -2.21. The second-order valence-corrected chi connectivity index (χ2v) is 9.69. The molecule has 0 bridgehead atoms. The number of benzene rings is 3. The average Bonchev–Trinajstić information content (AvgIpc) is 2.78. The van der Waals surface area contributed by atoms with E-state index in [0.29, 0.717) is 17.8 Å². The highest BCUT2D eigenvalue weighted by atomic mass is 32.2. The highest BCUT2D eigenvalue weighted by Gasteiger charge is 2.22. The topological polar surface area (TPSA) is 57.7 Å². The van der Waals surface area contributed by atoms with Gasteiger partial charge < -0.3 is 4.90 Å². The van der Waals surface area contributed by atoms with Crippen molar-refractivity contribution in [3.8, 4) is 0 Å². The first-order chi connectivity index (χ1) is 14.3. The number of nitrogens with zero attached hydrogens (tertiary/aromatic N) is 2. The van der Waals surface area contributed by atoms with Crippen molar-refractivity contribution in [2.24, 2.45) is 0 Å². The van der Waals surface area contributed by atoms with E-state index in [9.17, 15) is 13.2 Å². The Morgan fingerprint density at radius 2 is 1.47 bits per heavy atom. The first kappa shape index (κ1) is 21.9. The number of anilines is 1. The van der Waals surface area contributed by atoms with Gasteiger partial charge in [0.1, 0.15) is 0 Å². The van der Waals surface area contributed by atoms with Crippen molar-refractivity contribution in [3.63, 3.8) is 0 Å². The summed E-state index contributed by atoms with van der Waals surface area (Å²) >= 11 is 1.56. The normalized spacial score (nSPS) is 11.2. The number of carbonyl (C=O) groups excluding carboxylic acids is 1. The van der Waals surface area contributed by atoms with Crippen LogP contribution in [0.4, 0.5) is 5.69 Å². The summed E-state index contributed by atoms with van der Waals surface area (Å²) in [5.74, 6) is -0.122. The third kappa shape index (κ3) is 4.86. The van der Waals surface area contributed by atoms with Gasteiger partial charge in [-0.1, -0.05) is 30.3 Å². The fourth-order valence-electron chi connectivity index (χ4n) is 3.01. The molecule has 1 amide bonds. The predicted octanol–water partition coefficient (Wildman–Crippen LogP) is 4.51. The van der Waals surface area contributed by atoms with Gasteiger partial charge in [-0.2, -0.15) is 0 Å². The molecule has 30 heavy (non-hydrogen) atoms. The Morgan fingerprint density at radius 3 is 2.03 bits per heavy atom. The largest absolute Gasteiger partial charge is 0.337 e. The molecule has 0 aliphatic rings. The average molecular weight is 441 g/mol. The number of sulfonamides is 1. The van der Waals surface area contributed by atoms with Crippen LogP contribution in [0.5, 0.6) is 0 Å². The van der Waals surface area contributed by atoms with E-state index in [4.69, 9.17) is 0 Å². The molecule has 0 aromatic heterocycles. The second-order valence-electron chi connectivity index (χ2n) is 6.84. The van der Waals surface area contributed by atoms with Crippen LogP contribution in [0, 0.1) is 0 Å². The zero-order valence-electron chi connectivity index (χ0n) is 17.1. The van der Waals surface area contributed by atoms with Gasteiger partial charge in [0.05, 0.1) is 10.6 Å². The Bertz CT molecular complexity index is 1100. The molecule has 0 fully saturated rings. The molecule has 156 valence electrons. The van der Waals surface area contributed by atoms with Crippen molar-refractivity contribution in [2.45, 2.75) is 16.3 Å². The molecule has 3 aromatic rings. The number of amides is 1. The van der Waals surface area contributed by atoms with E-state index >= 15 is 0 Å². The molecule has 0 atom stereocenters. The standard InChI is InChI=1S/C23H24N2O3S2/c1-24(17-18-7-5-4-6-8-18)23(26)19-9-11-20(12-10-19)25(2)30(27,28)22-15-13-21(29-3)14-16-22/h4-16H,17H2,1-3H3. The molecule has 3 rings (SSSR count). The summed E-state index contributed by atoms with van der Waals surface area (Å²) in [6, 6.07) is 23.1. The molecule has 0 N–H and O–H groups in total. The quantitative estimate of drug-likeness (QED) is 0.508. The van der Waals surface area contributed by atoms with Gasteiger partial charge in [0.2, 0.25) is 0 Å². The van der Waals surface area contributed by atoms with Gasteiger partial charge in [0.25, 0.3) is 15.9 Å². The maximum Gasteiger partial charge on any atom is 0.264 e. The summed E-state index contributed by atoms with van der Waals surface area (Å²) in [6.45, 7) is 0.502. The molecule has 3 aromatic carbocycles. The SMILES string of the molecule is CSc1ccc(S(=O)(=O)N(C)c2ccc(C(=O)N(C)Cc3ccccc3)cc2)cc1. The lowest BCUT2D eigenvalue weighted by atomic mass is 10.1. The van der Waals surface area contributed by atoms with Crippen LogP contribution in [-0.2, 0) is 16.6 Å². The molecule has 0 aliphatic carbocycles. The van der Waals surface area contributed by atoms with E-state index in [1.165, 1.54) is 11.4 Å². The highest BCUT2D eigenvalue weighted by molar-refractivity contribution is 7.98. The van der Waals surface area contributed by atoms with Crippen LogP contribution in [0.15, 0.2) is 88.7 Å². The van der Waals surface area contributed by atoms with E-state index in [2.05, 4.69) is 0 Å². The van der Waals surface area contributed by atoms with Crippen molar-refractivity contribution in [1.29, 1.82) is 0 Å². The third-order valence-electron chi connectivity index (χ3n) is 4.80. The molecule has 0 saturated carbocycles. The zero-order chi connectivity index (χ0) is 21.7. The van der Waals surface area contributed by atoms with E-state index in [0.717, 1.165) is 10.5 Å². The number of hydrogen-bond donors (Lipinski definition) is 0. The Labute approximate surface area is 182 Å². The molecule has 0 aliphatic heterocycles. The Kier molecular flexibility index (Phi) is 6.84. The van der Waals surface area contributed by atoms with Crippen molar-refractivity contribution < 1.29 is 13.2 Å². The summed E-state index contributed by atoms with van der Waals surface area (Å²) in [4.78, 5) is 15.6. The minimum absolute atomic E-state index is 0.122. The van der Waals surface area contributed by atoms with Crippen LogP contribution in [0.3, 0.4) is 0 Å². The Balaban J connectivity index is 1.74. The first-order valence-corrected chi connectivity index (χ1v) is 12.0. The van der Waals surface area contributed by atoms with Crippen molar-refractivity contribution in [3.05, 3.63) is 90.0 Å². The maximum absolute atomic E-state index is 12.9. The smallest absolute Gasteiger partial charge is 0.264 e. The van der Waals surface area contributed by atoms with Gasteiger partial charge in [-0.15, -0.1) is 11.8 Å². The molecule has 5 nitrogen and oxygen atoms in total. The molecular formula is C23H24N2O3S2. The molecular weight excluding hydrogens is 416 g/mol. The maximum atomic E-state index is 12.9. The zero-order valence-corrected chi connectivity index (χ0v) is 18.8. The second kappa shape index (κ2) is 9.36. The molecule has 0 unspecified atom stereocenters. The van der Waals surface area contributed by atoms with Gasteiger partial charge in [0, 0.05) is 31.1 Å². The Hall–Kier alpha value is -2.77. The van der Waals surface area contributed by atoms with Crippen LogP contribution >= 0.6 is 11.8 Å². The van der Waals surface area contributed by atoms with Crippen molar-refractivity contribution in [1.82, 2.24) is 4.90 Å². The molecule has 0 heterocycles. The van der Waals surface area contributed by atoms with Gasteiger partial charge in [-0.25, -0.2) is 8.42 Å². The fourth-order valence-corrected chi connectivity index (χ4v) is 4.61. The monoisotopic (exact) mass is 440 g/mol. The molecule has 0 saturated heterocycles. The fraction of sp³-hybridized carbons (Fsp3) is 0.174. The minimum Gasteiger partial charge on any atom is -0.337 e. The summed E-state index contributed by atoms with van der Waals surface area (Å²) in [7, 11) is -0.420. The Morgan fingerprint density at radius 1 is 0.867 bits per heavy atom. The van der Waals surface area contributed by atoms with Crippen LogP contribution < -0.4 is 4.31 Å². The van der Waals surface area contributed by atoms with Gasteiger partial charge in [0.15, 0.2) is 0 Å². The summed E-state index contributed by atoms with van der Waals surface area (Å²) in [5.41, 5.74) is 2.04. The van der Waals surface area contributed by atoms with Crippen LogP contribution in [0.25, 0.3) is 0 Å². The first-order valence-electron chi connectivity index (χ1n) is 9.35. The number of carbonyl (C=O) groups is 1. The van der Waals surface area contributed by atoms with Crippen LogP contribution in [0.1, 0.15) is 15.9 Å². The summed E-state index contributed by atoms with van der Waals surface area (Å²) in [6.07, 6.45) is 1.94. The van der Waals surface area contributed by atoms with Crippen molar-refractivity contribution in [2.75, 3.05) is 24.7 Å². The minimum atomic E-state index is -3.68. The predicted molar refractivity (Wildman–Crippen MR) is 122 cm³/mol. The van der Waals surface area contributed by atoms with Crippen LogP contribution in [-0.4, -0.2) is 39.6 Å². The van der Waals surface area contributed by atoms with Gasteiger partial charge in [-0.05, 0) is 60.4 Å². The van der Waals surface area contributed by atoms with Crippen LogP contribution in [0.2, 0.25) is 0 Å². The number of hydrogen-bond acceptors (Lipinski definition) is 4. The summed E-state index contributed by atoms with van der Waals surface area (Å²) < 4.78 is 27.0. The lowest BCUT2D eigenvalue weighted by Crippen LogP contribution is -2.27. The van der Waals surface area contributed by atoms with E-state index in [1.54, 1.807) is 72.2 Å². The number of thioether (sulfide) groups is 1. The number of rotatable bonds is 7. The molecule has 7 heteroatoms. The highest BCUT2D eigenvalue weighted by Crippen LogP contribution is 2.24. The van der Waals surface area contributed by atoms with E-state index in [-0.39, 0.29) is 10.8 Å². The van der Waals surface area contributed by atoms with Gasteiger partial charge >= 0.3 is 0 Å². The summed E-state index contributed by atoms with van der Waals surface area (Å²) in [5, 5.41) is 0. The van der Waals surface area contributed by atoms with E-state index < -0.39 is 10.0 Å². The molecule has 0 spiro atoms. The van der Waals surface area contributed by atoms with Crippen molar-refractivity contribution >= 4 is 33.4 Å². The third-order valence-corrected chi connectivity index (χ3v) is 7.35. The lowest BCUT2D eigenvalue weighted by molar-refractivity contribution is 0.0785. The van der Waals surface area contributed by atoms with E-state index in [1.807, 2.05) is 36.6 Å².